The van der Waals surface area contributed by atoms with E-state index >= 15 is 0 Å². The Bertz CT molecular complexity index is 510. The fourth-order valence-corrected chi connectivity index (χ4v) is 2.17. The molecule has 2 rings (SSSR count). The van der Waals surface area contributed by atoms with Crippen LogP contribution in [0.4, 0.5) is 0 Å². The van der Waals surface area contributed by atoms with E-state index in [1.807, 2.05) is 0 Å². The summed E-state index contributed by atoms with van der Waals surface area (Å²) in [5.41, 5.74) is 0.0968. The van der Waals surface area contributed by atoms with E-state index < -0.39 is 5.60 Å². The average molecular weight is 300 g/mol. The molecule has 0 saturated heterocycles. The lowest BCUT2D eigenvalue weighted by Gasteiger charge is -2.36. The Morgan fingerprint density at radius 3 is 2.68 bits per heavy atom. The number of rotatable bonds is 4. The monoisotopic (exact) mass is 299 g/mol. The second kappa shape index (κ2) is 5.95. The fourth-order valence-electron chi connectivity index (χ4n) is 1.86. The molecule has 19 heavy (non-hydrogen) atoms. The molecule has 5 heteroatoms. The first-order valence-electron chi connectivity index (χ1n) is 6.12. The van der Waals surface area contributed by atoms with Crippen molar-refractivity contribution in [3.63, 3.8) is 0 Å². The molecule has 1 aliphatic rings. The molecule has 0 bridgehead atoms. The molecule has 0 radical (unpaired) electrons. The van der Waals surface area contributed by atoms with Crippen molar-refractivity contribution in [1.29, 1.82) is 0 Å². The van der Waals surface area contributed by atoms with Crippen LogP contribution in [-0.2, 0) is 4.79 Å². The molecule has 0 spiro atoms. The zero-order chi connectivity index (χ0) is 13.9. The maximum absolute atomic E-state index is 11.6. The summed E-state index contributed by atoms with van der Waals surface area (Å²) in [4.78, 5) is 11.6. The number of halogens is 2. The van der Waals surface area contributed by atoms with Gasteiger partial charge in [0.2, 0.25) is 5.91 Å². The molecule has 1 saturated carbocycles. The maximum atomic E-state index is 11.6. The van der Waals surface area contributed by atoms with Gasteiger partial charge < -0.3 is 10.4 Å². The number of benzene rings is 1. The maximum Gasteiger partial charge on any atom is 0.244 e. The van der Waals surface area contributed by atoms with E-state index in [-0.39, 0.29) is 5.91 Å². The molecule has 1 amide bonds. The number of nitrogens with one attached hydrogen (secondary N) is 1. The van der Waals surface area contributed by atoms with Gasteiger partial charge in [-0.2, -0.15) is 0 Å². The third kappa shape index (κ3) is 3.96. The largest absolute Gasteiger partial charge is 0.388 e. The van der Waals surface area contributed by atoms with Gasteiger partial charge in [0.15, 0.2) is 0 Å². The SMILES string of the molecule is O=C(/C=C/c1ccc(Cl)c(Cl)c1)NCC1(O)CCC1. The summed E-state index contributed by atoms with van der Waals surface area (Å²) >= 11 is 11.7. The highest BCUT2D eigenvalue weighted by Gasteiger charge is 2.34. The first kappa shape index (κ1) is 14.4. The molecular weight excluding hydrogens is 285 g/mol. The van der Waals surface area contributed by atoms with Gasteiger partial charge in [0.05, 0.1) is 15.6 Å². The molecule has 3 nitrogen and oxygen atoms in total. The minimum atomic E-state index is -0.701. The van der Waals surface area contributed by atoms with Gasteiger partial charge in [-0.15, -0.1) is 0 Å². The van der Waals surface area contributed by atoms with Crippen molar-refractivity contribution in [2.75, 3.05) is 6.54 Å². The predicted molar refractivity (Wildman–Crippen MR) is 77.3 cm³/mol. The van der Waals surface area contributed by atoms with E-state index in [1.165, 1.54) is 6.08 Å². The number of amides is 1. The second-order valence-electron chi connectivity index (χ2n) is 4.80. The molecule has 0 aromatic heterocycles. The van der Waals surface area contributed by atoms with E-state index in [2.05, 4.69) is 5.32 Å². The van der Waals surface area contributed by atoms with Gasteiger partial charge in [0.1, 0.15) is 0 Å². The topological polar surface area (TPSA) is 49.3 Å². The second-order valence-corrected chi connectivity index (χ2v) is 5.62. The fraction of sp³-hybridized carbons (Fsp3) is 0.357. The van der Waals surface area contributed by atoms with Gasteiger partial charge in [-0.1, -0.05) is 29.3 Å². The summed E-state index contributed by atoms with van der Waals surface area (Å²) in [6, 6.07) is 5.14. The van der Waals surface area contributed by atoms with Crippen LogP contribution in [0.3, 0.4) is 0 Å². The number of carbonyl (C=O) groups excluding carboxylic acids is 1. The van der Waals surface area contributed by atoms with Crippen molar-refractivity contribution in [2.24, 2.45) is 0 Å². The summed E-state index contributed by atoms with van der Waals surface area (Å²) in [6.45, 7) is 0.303. The molecule has 2 N–H and O–H groups in total. The first-order valence-corrected chi connectivity index (χ1v) is 6.87. The van der Waals surface area contributed by atoms with Crippen LogP contribution in [0, 0.1) is 0 Å². The van der Waals surface area contributed by atoms with Crippen molar-refractivity contribution in [3.05, 3.63) is 39.9 Å². The zero-order valence-corrected chi connectivity index (χ0v) is 11.8. The average Bonchev–Trinajstić information content (AvgIpc) is 2.35. The Balaban J connectivity index is 1.87. The van der Waals surface area contributed by atoms with Crippen molar-refractivity contribution >= 4 is 35.2 Å². The lowest BCUT2D eigenvalue weighted by atomic mass is 9.80. The molecule has 1 fully saturated rings. The Labute approximate surface area is 122 Å². The lowest BCUT2D eigenvalue weighted by Crippen LogP contribution is -2.47. The van der Waals surface area contributed by atoms with E-state index in [0.29, 0.717) is 16.6 Å². The van der Waals surface area contributed by atoms with Crippen LogP contribution >= 0.6 is 23.2 Å². The number of hydrogen-bond acceptors (Lipinski definition) is 2. The summed E-state index contributed by atoms with van der Waals surface area (Å²) < 4.78 is 0. The minimum absolute atomic E-state index is 0.230. The Morgan fingerprint density at radius 2 is 2.11 bits per heavy atom. The van der Waals surface area contributed by atoms with Crippen molar-refractivity contribution in [1.82, 2.24) is 5.32 Å². The number of carbonyl (C=O) groups is 1. The molecule has 0 heterocycles. The van der Waals surface area contributed by atoms with Gasteiger partial charge in [0.25, 0.3) is 0 Å². The van der Waals surface area contributed by atoms with Crippen molar-refractivity contribution in [2.45, 2.75) is 24.9 Å². The molecule has 102 valence electrons. The van der Waals surface area contributed by atoms with Crippen LogP contribution < -0.4 is 5.32 Å². The van der Waals surface area contributed by atoms with Crippen LogP contribution in [0.25, 0.3) is 6.08 Å². The third-order valence-corrected chi connectivity index (χ3v) is 3.99. The molecule has 1 aliphatic carbocycles. The van der Waals surface area contributed by atoms with Crippen LogP contribution in [0.15, 0.2) is 24.3 Å². The molecule has 0 unspecified atom stereocenters. The van der Waals surface area contributed by atoms with E-state index in [0.717, 1.165) is 24.8 Å². The lowest BCUT2D eigenvalue weighted by molar-refractivity contribution is -0.118. The smallest absolute Gasteiger partial charge is 0.244 e. The van der Waals surface area contributed by atoms with Gasteiger partial charge >= 0.3 is 0 Å². The number of aliphatic hydroxyl groups is 1. The van der Waals surface area contributed by atoms with E-state index in [4.69, 9.17) is 23.2 Å². The highest BCUT2D eigenvalue weighted by molar-refractivity contribution is 6.42. The Hall–Kier alpha value is -1.03. The van der Waals surface area contributed by atoms with Crippen LogP contribution in [0.5, 0.6) is 0 Å². The van der Waals surface area contributed by atoms with Gasteiger partial charge in [-0.05, 0) is 43.0 Å². The Morgan fingerprint density at radius 1 is 1.37 bits per heavy atom. The molecule has 1 aromatic carbocycles. The molecule has 0 atom stereocenters. The third-order valence-electron chi connectivity index (χ3n) is 3.25. The summed E-state index contributed by atoms with van der Waals surface area (Å²) in [7, 11) is 0. The molecular formula is C14H15Cl2NO2. The zero-order valence-electron chi connectivity index (χ0n) is 10.3. The van der Waals surface area contributed by atoms with Gasteiger partial charge in [0, 0.05) is 12.6 Å². The van der Waals surface area contributed by atoms with Crippen LogP contribution in [0.2, 0.25) is 10.0 Å². The first-order chi connectivity index (χ1) is 8.98. The normalized spacial score (nSPS) is 17.2. The summed E-state index contributed by atoms with van der Waals surface area (Å²) in [5, 5.41) is 13.5. The van der Waals surface area contributed by atoms with Crippen molar-refractivity contribution < 1.29 is 9.90 Å². The highest BCUT2D eigenvalue weighted by Crippen LogP contribution is 2.30. The molecule has 1 aromatic rings. The summed E-state index contributed by atoms with van der Waals surface area (Å²) in [6.07, 6.45) is 5.60. The Kier molecular flexibility index (Phi) is 4.50. The quantitative estimate of drug-likeness (QED) is 0.840. The minimum Gasteiger partial charge on any atom is -0.388 e. The highest BCUT2D eigenvalue weighted by atomic mass is 35.5. The molecule has 0 aliphatic heterocycles. The van der Waals surface area contributed by atoms with Gasteiger partial charge in [-0.3, -0.25) is 4.79 Å². The van der Waals surface area contributed by atoms with E-state index in [9.17, 15) is 9.90 Å². The van der Waals surface area contributed by atoms with E-state index in [1.54, 1.807) is 24.3 Å². The van der Waals surface area contributed by atoms with Crippen LogP contribution in [0.1, 0.15) is 24.8 Å². The standard InChI is InChI=1S/C14H15Cl2NO2/c15-11-4-2-10(8-12(11)16)3-5-13(18)17-9-14(19)6-1-7-14/h2-5,8,19H,1,6-7,9H2,(H,17,18)/b5-3+. The van der Waals surface area contributed by atoms with Crippen molar-refractivity contribution in [3.8, 4) is 0 Å². The summed E-state index contributed by atoms with van der Waals surface area (Å²) in [5.74, 6) is -0.230. The predicted octanol–water partition coefficient (Wildman–Crippen LogP) is 3.04. The van der Waals surface area contributed by atoms with Crippen LogP contribution in [-0.4, -0.2) is 23.2 Å². The number of hydrogen-bond donors (Lipinski definition) is 2. The van der Waals surface area contributed by atoms with Gasteiger partial charge in [-0.25, -0.2) is 0 Å².